The van der Waals surface area contributed by atoms with Gasteiger partial charge in [0, 0.05) is 45.7 Å². The van der Waals surface area contributed by atoms with Crippen LogP contribution >= 0.6 is 11.3 Å². The minimum atomic E-state index is -3.42. The normalized spacial score (nSPS) is 24.1. The first-order valence-electron chi connectivity index (χ1n) is 10.7. The molecule has 0 N–H and O–H groups in total. The van der Waals surface area contributed by atoms with Crippen molar-refractivity contribution in [3.05, 3.63) is 22.4 Å². The molecule has 0 aromatic carbocycles. The quantitative estimate of drug-likeness (QED) is 0.702. The van der Waals surface area contributed by atoms with E-state index in [9.17, 15) is 13.2 Å². The van der Waals surface area contributed by atoms with Gasteiger partial charge in [-0.3, -0.25) is 4.79 Å². The smallest absolute Gasteiger partial charge is 0.282 e. The van der Waals surface area contributed by atoms with E-state index in [0.29, 0.717) is 65.1 Å². The van der Waals surface area contributed by atoms with Crippen LogP contribution in [0.25, 0.3) is 0 Å². The predicted octanol–water partition coefficient (Wildman–Crippen LogP) is 2.10. The zero-order valence-corrected chi connectivity index (χ0v) is 18.6. The average Bonchev–Trinajstić information content (AvgIpc) is 3.27. The number of carbonyl (C=O) groups excluding carboxylic acids is 1. The van der Waals surface area contributed by atoms with Crippen molar-refractivity contribution in [2.24, 2.45) is 0 Å². The third kappa shape index (κ3) is 4.85. The first-order chi connectivity index (χ1) is 14.0. The standard InChI is InChI=1S/C20H31N3O4S2/c24-19(5-4-18-6-15-28-16-18)21-11-7-20(8-12-21)17-23(13-14-27-20)29(25,26)22-9-2-1-3-10-22/h6,15-16H,1-5,7-14,17H2. The largest absolute Gasteiger partial charge is 0.372 e. The van der Waals surface area contributed by atoms with Gasteiger partial charge in [0.2, 0.25) is 5.91 Å². The average molecular weight is 442 g/mol. The lowest BCUT2D eigenvalue weighted by Crippen LogP contribution is -2.60. The summed E-state index contributed by atoms with van der Waals surface area (Å²) in [5.74, 6) is 0.180. The van der Waals surface area contributed by atoms with Gasteiger partial charge in [-0.2, -0.15) is 28.4 Å². The van der Waals surface area contributed by atoms with E-state index in [1.54, 1.807) is 19.9 Å². The molecule has 4 rings (SSSR count). The highest BCUT2D eigenvalue weighted by atomic mass is 32.2. The zero-order chi connectivity index (χ0) is 20.3. The Hall–Kier alpha value is -1.00. The molecule has 29 heavy (non-hydrogen) atoms. The van der Waals surface area contributed by atoms with Gasteiger partial charge in [0.25, 0.3) is 10.2 Å². The molecule has 3 saturated heterocycles. The third-order valence-electron chi connectivity index (χ3n) is 6.42. The minimum Gasteiger partial charge on any atom is -0.372 e. The minimum absolute atomic E-state index is 0.180. The molecule has 0 saturated carbocycles. The first kappa shape index (κ1) is 21.2. The molecule has 9 heteroatoms. The van der Waals surface area contributed by atoms with Crippen LogP contribution in [-0.2, 0) is 26.2 Å². The summed E-state index contributed by atoms with van der Waals surface area (Å²) in [4.78, 5) is 14.5. The number of piperidine rings is 2. The van der Waals surface area contributed by atoms with Gasteiger partial charge in [-0.05, 0) is 54.5 Å². The van der Waals surface area contributed by atoms with Crippen molar-refractivity contribution in [1.29, 1.82) is 0 Å². The molecule has 3 aliphatic heterocycles. The second kappa shape index (κ2) is 9.01. The highest BCUT2D eigenvalue weighted by Crippen LogP contribution is 2.32. The maximum atomic E-state index is 13.1. The number of rotatable bonds is 5. The number of amides is 1. The lowest BCUT2D eigenvalue weighted by molar-refractivity contribution is -0.144. The van der Waals surface area contributed by atoms with Gasteiger partial charge in [-0.15, -0.1) is 0 Å². The van der Waals surface area contributed by atoms with E-state index >= 15 is 0 Å². The Morgan fingerprint density at radius 1 is 1.07 bits per heavy atom. The van der Waals surface area contributed by atoms with Crippen molar-refractivity contribution in [1.82, 2.24) is 13.5 Å². The van der Waals surface area contributed by atoms with Crippen molar-refractivity contribution < 1.29 is 17.9 Å². The molecule has 162 valence electrons. The van der Waals surface area contributed by atoms with Gasteiger partial charge in [-0.1, -0.05) is 6.42 Å². The summed E-state index contributed by atoms with van der Waals surface area (Å²) in [6, 6.07) is 2.07. The molecule has 3 fully saturated rings. The Morgan fingerprint density at radius 3 is 2.52 bits per heavy atom. The fourth-order valence-corrected chi connectivity index (χ4v) is 7.03. The number of hydrogen-bond donors (Lipinski definition) is 0. The van der Waals surface area contributed by atoms with E-state index in [4.69, 9.17) is 4.74 Å². The summed E-state index contributed by atoms with van der Waals surface area (Å²) in [7, 11) is -3.42. The molecule has 0 aliphatic carbocycles. The van der Waals surface area contributed by atoms with E-state index in [1.807, 2.05) is 10.3 Å². The van der Waals surface area contributed by atoms with Gasteiger partial charge in [-0.25, -0.2) is 0 Å². The molecule has 4 heterocycles. The Kier molecular flexibility index (Phi) is 6.60. The summed E-state index contributed by atoms with van der Waals surface area (Å²) in [5.41, 5.74) is 0.761. The summed E-state index contributed by atoms with van der Waals surface area (Å²) in [6.07, 6.45) is 5.69. The van der Waals surface area contributed by atoms with Crippen LogP contribution in [0.4, 0.5) is 0 Å². The summed E-state index contributed by atoms with van der Waals surface area (Å²) >= 11 is 1.66. The SMILES string of the molecule is O=C(CCc1ccsc1)N1CCC2(CC1)CN(S(=O)(=O)N1CCCCC1)CCO2. The van der Waals surface area contributed by atoms with Crippen LogP contribution in [0.5, 0.6) is 0 Å². The fourth-order valence-electron chi connectivity index (χ4n) is 4.58. The van der Waals surface area contributed by atoms with E-state index in [2.05, 4.69) is 11.4 Å². The lowest BCUT2D eigenvalue weighted by atomic mass is 9.90. The number of aryl methyl sites for hydroxylation is 1. The predicted molar refractivity (Wildman–Crippen MR) is 113 cm³/mol. The number of hydrogen-bond acceptors (Lipinski definition) is 5. The number of ether oxygens (including phenoxy) is 1. The van der Waals surface area contributed by atoms with E-state index in [1.165, 1.54) is 5.56 Å². The van der Waals surface area contributed by atoms with Crippen molar-refractivity contribution in [3.63, 3.8) is 0 Å². The first-order valence-corrected chi connectivity index (χ1v) is 13.0. The molecule has 7 nitrogen and oxygen atoms in total. The van der Waals surface area contributed by atoms with Crippen molar-refractivity contribution in [2.45, 2.75) is 50.5 Å². The highest BCUT2D eigenvalue weighted by Gasteiger charge is 2.44. The number of thiophene rings is 1. The maximum Gasteiger partial charge on any atom is 0.282 e. The molecular formula is C20H31N3O4S2. The van der Waals surface area contributed by atoms with E-state index in [0.717, 1.165) is 25.7 Å². The van der Waals surface area contributed by atoms with Gasteiger partial charge in [0.1, 0.15) is 0 Å². The molecule has 1 aromatic rings. The lowest BCUT2D eigenvalue weighted by Gasteiger charge is -2.47. The molecule has 3 aliphatic rings. The summed E-state index contributed by atoms with van der Waals surface area (Å²) in [6.45, 7) is 3.78. The molecule has 1 amide bonds. The van der Waals surface area contributed by atoms with Crippen LogP contribution in [0, 0.1) is 0 Å². The molecule has 1 aromatic heterocycles. The Balaban J connectivity index is 1.32. The van der Waals surface area contributed by atoms with Crippen molar-refractivity contribution in [3.8, 4) is 0 Å². The monoisotopic (exact) mass is 441 g/mol. The highest BCUT2D eigenvalue weighted by molar-refractivity contribution is 7.86. The molecule has 0 atom stereocenters. The van der Waals surface area contributed by atoms with E-state index in [-0.39, 0.29) is 5.91 Å². The molecular weight excluding hydrogens is 410 g/mol. The van der Waals surface area contributed by atoms with Crippen molar-refractivity contribution in [2.75, 3.05) is 45.9 Å². The van der Waals surface area contributed by atoms with Crippen molar-refractivity contribution >= 4 is 27.5 Å². The number of morpholine rings is 1. The number of likely N-dealkylation sites (tertiary alicyclic amines) is 1. The van der Waals surface area contributed by atoms with Crippen LogP contribution in [0.3, 0.4) is 0 Å². The van der Waals surface area contributed by atoms with Gasteiger partial charge < -0.3 is 9.64 Å². The summed E-state index contributed by atoms with van der Waals surface area (Å²) < 4.78 is 35.5. The van der Waals surface area contributed by atoms with Crippen LogP contribution in [0.15, 0.2) is 16.8 Å². The Bertz CT molecular complexity index is 783. The molecule has 0 unspecified atom stereocenters. The second-order valence-electron chi connectivity index (χ2n) is 8.34. The number of nitrogens with zero attached hydrogens (tertiary/aromatic N) is 3. The van der Waals surface area contributed by atoms with Crippen LogP contribution in [0.2, 0.25) is 0 Å². The summed E-state index contributed by atoms with van der Waals surface area (Å²) in [5, 5.41) is 4.13. The second-order valence-corrected chi connectivity index (χ2v) is 11.1. The topological polar surface area (TPSA) is 70.2 Å². The Morgan fingerprint density at radius 2 is 1.83 bits per heavy atom. The molecule has 0 radical (unpaired) electrons. The maximum absolute atomic E-state index is 13.1. The van der Waals surface area contributed by atoms with Gasteiger partial charge in [0.15, 0.2) is 0 Å². The molecule has 0 bridgehead atoms. The number of carbonyl (C=O) groups is 1. The van der Waals surface area contributed by atoms with Crippen LogP contribution in [-0.4, -0.2) is 79.3 Å². The van der Waals surface area contributed by atoms with Gasteiger partial charge >= 0.3 is 0 Å². The zero-order valence-electron chi connectivity index (χ0n) is 16.9. The van der Waals surface area contributed by atoms with Crippen LogP contribution in [0.1, 0.15) is 44.1 Å². The van der Waals surface area contributed by atoms with Gasteiger partial charge in [0.05, 0.1) is 12.2 Å². The van der Waals surface area contributed by atoms with Crippen LogP contribution < -0.4 is 0 Å². The molecule has 1 spiro atoms. The third-order valence-corrected chi connectivity index (χ3v) is 9.13. The Labute approximate surface area is 177 Å². The van der Waals surface area contributed by atoms with E-state index < -0.39 is 15.8 Å². The fraction of sp³-hybridized carbons (Fsp3) is 0.750.